The fourth-order valence-electron chi connectivity index (χ4n) is 3.29. The largest absolute Gasteiger partial charge is 0.349 e. The first-order valence-electron chi connectivity index (χ1n) is 7.93. The number of halogens is 2. The highest BCUT2D eigenvalue weighted by Gasteiger charge is 2.28. The van der Waals surface area contributed by atoms with Crippen LogP contribution in [0.3, 0.4) is 0 Å². The Balaban J connectivity index is 1.72. The average molecular weight is 404 g/mol. The van der Waals surface area contributed by atoms with Crippen molar-refractivity contribution in [3.8, 4) is 0 Å². The van der Waals surface area contributed by atoms with Crippen LogP contribution in [0, 0.1) is 5.82 Å². The smallest absolute Gasteiger partial charge is 0.211 e. The lowest BCUT2D eigenvalue weighted by molar-refractivity contribution is -0.105. The van der Waals surface area contributed by atoms with Gasteiger partial charge in [0.1, 0.15) is 17.3 Å². The van der Waals surface area contributed by atoms with E-state index in [0.717, 1.165) is 30.8 Å². The van der Waals surface area contributed by atoms with Crippen molar-refractivity contribution >= 4 is 39.5 Å². The molecule has 1 aliphatic heterocycles. The molecule has 8 heteroatoms. The third-order valence-electron chi connectivity index (χ3n) is 4.44. The fraction of sp³-hybridized carbons (Fsp3) is 0.235. The van der Waals surface area contributed by atoms with Crippen molar-refractivity contribution in [3.63, 3.8) is 0 Å². The van der Waals surface area contributed by atoms with E-state index in [4.69, 9.17) is 0 Å². The van der Waals surface area contributed by atoms with Crippen molar-refractivity contribution in [1.29, 1.82) is 0 Å². The predicted molar refractivity (Wildman–Crippen MR) is 96.1 cm³/mol. The second-order valence-electron chi connectivity index (χ2n) is 5.90. The summed E-state index contributed by atoms with van der Waals surface area (Å²) >= 11 is 3.20. The van der Waals surface area contributed by atoms with E-state index in [2.05, 4.69) is 36.2 Å². The van der Waals surface area contributed by atoms with Gasteiger partial charge in [0.25, 0.3) is 0 Å². The second-order valence-corrected chi connectivity index (χ2v) is 6.75. The minimum absolute atomic E-state index is 0.0722. The van der Waals surface area contributed by atoms with Crippen molar-refractivity contribution in [2.45, 2.75) is 18.9 Å². The zero-order valence-electron chi connectivity index (χ0n) is 13.2. The van der Waals surface area contributed by atoms with E-state index in [9.17, 15) is 9.18 Å². The van der Waals surface area contributed by atoms with Crippen LogP contribution >= 0.6 is 15.9 Å². The SMILES string of the molecule is O=CNc1cnn2ccc(N3CCC[C@@H]3c3ccc(Br)c(F)c3)nc12. The maximum absolute atomic E-state index is 13.9. The molecular formula is C17H15BrFN5O. The number of fused-ring (bicyclic) bond motifs is 1. The summed E-state index contributed by atoms with van der Waals surface area (Å²) in [5, 5.41) is 6.77. The fourth-order valence-corrected chi connectivity index (χ4v) is 3.54. The highest BCUT2D eigenvalue weighted by molar-refractivity contribution is 9.10. The monoisotopic (exact) mass is 403 g/mol. The van der Waals surface area contributed by atoms with E-state index in [0.29, 0.717) is 22.2 Å². The molecule has 0 saturated carbocycles. The number of aromatic nitrogens is 3. The van der Waals surface area contributed by atoms with Gasteiger partial charge in [0.15, 0.2) is 5.65 Å². The van der Waals surface area contributed by atoms with Crippen LogP contribution in [0.25, 0.3) is 5.65 Å². The summed E-state index contributed by atoms with van der Waals surface area (Å²) in [6, 6.07) is 7.21. The van der Waals surface area contributed by atoms with Crippen LogP contribution in [0.2, 0.25) is 0 Å². The minimum atomic E-state index is -0.263. The standard InChI is InChI=1S/C17H15BrFN5O/c18-12-4-3-11(8-13(12)19)15-2-1-6-23(15)16-5-7-24-17(22-16)14(9-21-24)20-10-25/h3-5,7-10,15H,1-2,6H2,(H,20,25)/t15-/m1/s1. The van der Waals surface area contributed by atoms with Gasteiger partial charge < -0.3 is 10.2 Å². The first-order chi connectivity index (χ1) is 12.2. The van der Waals surface area contributed by atoms with E-state index in [1.807, 2.05) is 18.3 Å². The van der Waals surface area contributed by atoms with Crippen LogP contribution in [0.15, 0.2) is 41.1 Å². The van der Waals surface area contributed by atoms with Gasteiger partial charge in [-0.05, 0) is 52.5 Å². The van der Waals surface area contributed by atoms with Gasteiger partial charge in [0.05, 0.1) is 16.7 Å². The number of nitrogens with one attached hydrogen (secondary N) is 1. The Bertz CT molecular complexity index is 944. The number of anilines is 2. The summed E-state index contributed by atoms with van der Waals surface area (Å²) in [6.45, 7) is 0.843. The number of amides is 1. The number of benzene rings is 1. The molecule has 1 amide bonds. The molecular weight excluding hydrogens is 389 g/mol. The van der Waals surface area contributed by atoms with Gasteiger partial charge in [-0.15, -0.1) is 0 Å². The van der Waals surface area contributed by atoms with E-state index in [-0.39, 0.29) is 11.9 Å². The summed E-state index contributed by atoms with van der Waals surface area (Å²) in [5.41, 5.74) is 2.07. The molecule has 1 fully saturated rings. The van der Waals surface area contributed by atoms with Gasteiger partial charge in [-0.1, -0.05) is 6.07 Å². The Kier molecular flexibility index (Phi) is 4.12. The summed E-state index contributed by atoms with van der Waals surface area (Å²) in [7, 11) is 0. The molecule has 0 radical (unpaired) electrons. The number of rotatable bonds is 4. The molecule has 1 saturated heterocycles. The molecule has 25 heavy (non-hydrogen) atoms. The first kappa shape index (κ1) is 16.0. The lowest BCUT2D eigenvalue weighted by Crippen LogP contribution is -2.24. The molecule has 1 atom stereocenters. The van der Waals surface area contributed by atoms with Gasteiger partial charge >= 0.3 is 0 Å². The second kappa shape index (κ2) is 6.44. The third kappa shape index (κ3) is 2.86. The molecule has 128 valence electrons. The van der Waals surface area contributed by atoms with Crippen molar-refractivity contribution in [1.82, 2.24) is 14.6 Å². The molecule has 3 heterocycles. The normalized spacial score (nSPS) is 17.2. The summed E-state index contributed by atoms with van der Waals surface area (Å²) in [6.07, 6.45) is 5.92. The van der Waals surface area contributed by atoms with Gasteiger partial charge in [0.2, 0.25) is 6.41 Å². The van der Waals surface area contributed by atoms with E-state index in [1.165, 1.54) is 0 Å². The quantitative estimate of drug-likeness (QED) is 0.676. The van der Waals surface area contributed by atoms with E-state index < -0.39 is 0 Å². The molecule has 0 spiro atoms. The number of hydrogen-bond acceptors (Lipinski definition) is 4. The van der Waals surface area contributed by atoms with Gasteiger partial charge in [0, 0.05) is 12.7 Å². The van der Waals surface area contributed by atoms with Crippen LogP contribution in [-0.2, 0) is 4.79 Å². The Labute approximate surface area is 151 Å². The van der Waals surface area contributed by atoms with Crippen molar-refractivity contribution in [3.05, 3.63) is 52.5 Å². The van der Waals surface area contributed by atoms with Crippen LogP contribution < -0.4 is 10.2 Å². The Morgan fingerprint density at radius 2 is 2.24 bits per heavy atom. The number of hydrogen-bond donors (Lipinski definition) is 1. The van der Waals surface area contributed by atoms with Crippen LogP contribution in [-0.4, -0.2) is 27.6 Å². The topological polar surface area (TPSA) is 62.5 Å². The Morgan fingerprint density at radius 1 is 1.36 bits per heavy atom. The van der Waals surface area contributed by atoms with Crippen molar-refractivity contribution in [2.24, 2.45) is 0 Å². The molecule has 1 aromatic carbocycles. The number of nitrogens with zero attached hydrogens (tertiary/aromatic N) is 4. The van der Waals surface area contributed by atoms with Crippen LogP contribution in [0.1, 0.15) is 24.4 Å². The summed E-state index contributed by atoms with van der Waals surface area (Å²) in [5.74, 6) is 0.522. The highest BCUT2D eigenvalue weighted by Crippen LogP contribution is 2.36. The lowest BCUT2D eigenvalue weighted by Gasteiger charge is -2.26. The lowest BCUT2D eigenvalue weighted by atomic mass is 10.0. The molecule has 0 bridgehead atoms. The molecule has 1 N–H and O–H groups in total. The molecule has 4 rings (SSSR count). The van der Waals surface area contributed by atoms with Crippen molar-refractivity contribution < 1.29 is 9.18 Å². The Morgan fingerprint density at radius 3 is 3.04 bits per heavy atom. The summed E-state index contributed by atoms with van der Waals surface area (Å²) in [4.78, 5) is 17.5. The maximum Gasteiger partial charge on any atom is 0.211 e. The molecule has 2 aromatic heterocycles. The van der Waals surface area contributed by atoms with Gasteiger partial charge in [-0.2, -0.15) is 5.10 Å². The van der Waals surface area contributed by atoms with E-state index >= 15 is 0 Å². The minimum Gasteiger partial charge on any atom is -0.349 e. The molecule has 3 aromatic rings. The van der Waals surface area contributed by atoms with E-state index in [1.54, 1.807) is 22.8 Å². The van der Waals surface area contributed by atoms with Crippen molar-refractivity contribution in [2.75, 3.05) is 16.8 Å². The number of carbonyl (C=O) groups excluding carboxylic acids is 1. The molecule has 0 aliphatic carbocycles. The summed E-state index contributed by atoms with van der Waals surface area (Å²) < 4.78 is 16.0. The zero-order chi connectivity index (χ0) is 17.4. The van der Waals surface area contributed by atoms with Gasteiger partial charge in [-0.3, -0.25) is 4.79 Å². The average Bonchev–Trinajstić information content (AvgIpc) is 3.25. The van der Waals surface area contributed by atoms with Crippen LogP contribution in [0.5, 0.6) is 0 Å². The maximum atomic E-state index is 13.9. The third-order valence-corrected chi connectivity index (χ3v) is 5.09. The molecule has 6 nitrogen and oxygen atoms in total. The Hall–Kier alpha value is -2.48. The number of carbonyl (C=O) groups is 1. The molecule has 1 aliphatic rings. The van der Waals surface area contributed by atoms with Crippen LogP contribution in [0.4, 0.5) is 15.9 Å². The highest BCUT2D eigenvalue weighted by atomic mass is 79.9. The predicted octanol–water partition coefficient (Wildman–Crippen LogP) is 3.54. The zero-order valence-corrected chi connectivity index (χ0v) is 14.8. The van der Waals surface area contributed by atoms with Gasteiger partial charge in [-0.25, -0.2) is 13.9 Å². The molecule has 0 unspecified atom stereocenters. The first-order valence-corrected chi connectivity index (χ1v) is 8.73.